The van der Waals surface area contributed by atoms with Crippen molar-refractivity contribution in [1.29, 1.82) is 0 Å². The fraction of sp³-hybridized carbons (Fsp3) is 0.818. The second kappa shape index (κ2) is 5.30. The second-order valence-corrected chi connectivity index (χ2v) is 4.24. The minimum absolute atomic E-state index is 0.124. The Morgan fingerprint density at radius 3 is 2.62 bits per heavy atom. The van der Waals surface area contributed by atoms with Gasteiger partial charge in [0.2, 0.25) is 0 Å². The summed E-state index contributed by atoms with van der Waals surface area (Å²) in [5.74, 6) is -1.40. The van der Waals surface area contributed by atoms with Gasteiger partial charge in [-0.15, -0.1) is 0 Å². The van der Waals surface area contributed by atoms with E-state index in [2.05, 4.69) is 0 Å². The third kappa shape index (κ3) is 2.52. The Labute approximate surface area is 95.4 Å². The summed E-state index contributed by atoms with van der Waals surface area (Å²) in [5, 5.41) is 9.03. The van der Waals surface area contributed by atoms with Crippen molar-refractivity contribution in [2.75, 3.05) is 13.7 Å². The lowest BCUT2D eigenvalue weighted by atomic mass is 9.90. The maximum absolute atomic E-state index is 11.9. The van der Waals surface area contributed by atoms with Crippen molar-refractivity contribution < 1.29 is 19.4 Å². The summed E-state index contributed by atoms with van der Waals surface area (Å²) in [6.07, 6.45) is 0.875. The zero-order valence-electron chi connectivity index (χ0n) is 9.97. The van der Waals surface area contributed by atoms with Gasteiger partial charge in [-0.25, -0.2) is 0 Å². The van der Waals surface area contributed by atoms with E-state index in [4.69, 9.17) is 9.84 Å². The van der Waals surface area contributed by atoms with E-state index >= 15 is 0 Å². The number of aliphatic carboxylic acids is 1. The molecule has 0 radical (unpaired) electrons. The molecule has 1 amide bonds. The van der Waals surface area contributed by atoms with Gasteiger partial charge in [-0.05, 0) is 26.7 Å². The van der Waals surface area contributed by atoms with E-state index in [0.717, 1.165) is 6.42 Å². The van der Waals surface area contributed by atoms with Crippen LogP contribution in [0.1, 0.15) is 26.7 Å². The first-order chi connectivity index (χ1) is 7.49. The van der Waals surface area contributed by atoms with Crippen molar-refractivity contribution in [1.82, 2.24) is 4.90 Å². The normalized spacial score (nSPS) is 27.6. The summed E-state index contributed by atoms with van der Waals surface area (Å²) in [6.45, 7) is 4.09. The van der Waals surface area contributed by atoms with Crippen molar-refractivity contribution in [3.63, 3.8) is 0 Å². The molecule has 1 aliphatic heterocycles. The number of carbonyl (C=O) groups excluding carboxylic acids is 1. The molecular weight excluding hydrogens is 210 g/mol. The molecule has 0 aromatic heterocycles. The molecule has 5 nitrogen and oxygen atoms in total. The van der Waals surface area contributed by atoms with Crippen LogP contribution < -0.4 is 0 Å². The van der Waals surface area contributed by atoms with Crippen LogP contribution in [0, 0.1) is 5.92 Å². The number of ether oxygens (including phenoxy) is 1. The first-order valence-corrected chi connectivity index (χ1v) is 5.55. The minimum Gasteiger partial charge on any atom is -0.481 e. The number of carbonyl (C=O) groups is 2. The van der Waals surface area contributed by atoms with Crippen LogP contribution in [0.3, 0.4) is 0 Å². The zero-order chi connectivity index (χ0) is 12.3. The fourth-order valence-corrected chi connectivity index (χ4v) is 2.12. The lowest BCUT2D eigenvalue weighted by molar-refractivity contribution is -0.153. The van der Waals surface area contributed by atoms with E-state index in [-0.39, 0.29) is 11.9 Å². The van der Waals surface area contributed by atoms with Gasteiger partial charge in [0, 0.05) is 19.7 Å². The van der Waals surface area contributed by atoms with Crippen molar-refractivity contribution in [3.05, 3.63) is 0 Å². The number of methoxy groups -OCH3 is 1. The summed E-state index contributed by atoms with van der Waals surface area (Å²) in [5.41, 5.74) is 0. The standard InChI is InChI=1S/C11H19NO4/c1-7-9(11(14)15)5-4-6-12(7)10(13)8(2)16-3/h7-9H,4-6H2,1-3H3,(H,14,15)/t7-,8?,9-/m0/s1. The van der Waals surface area contributed by atoms with Crippen LogP contribution in [-0.2, 0) is 14.3 Å². The molecule has 1 rings (SSSR count). The van der Waals surface area contributed by atoms with Crippen molar-refractivity contribution in [2.24, 2.45) is 5.92 Å². The van der Waals surface area contributed by atoms with Crippen LogP contribution in [0.2, 0.25) is 0 Å². The summed E-state index contributed by atoms with van der Waals surface area (Å²) >= 11 is 0. The van der Waals surface area contributed by atoms with Gasteiger partial charge in [-0.2, -0.15) is 0 Å². The van der Waals surface area contributed by atoms with Crippen molar-refractivity contribution in [3.8, 4) is 0 Å². The minimum atomic E-state index is -0.824. The van der Waals surface area contributed by atoms with Crippen LogP contribution >= 0.6 is 0 Å². The second-order valence-electron chi connectivity index (χ2n) is 4.24. The van der Waals surface area contributed by atoms with Crippen molar-refractivity contribution in [2.45, 2.75) is 38.8 Å². The summed E-state index contributed by atoms with van der Waals surface area (Å²) in [6, 6.07) is -0.253. The molecular formula is C11H19NO4. The van der Waals surface area contributed by atoms with Crippen molar-refractivity contribution >= 4 is 11.9 Å². The molecule has 0 spiro atoms. The molecule has 5 heteroatoms. The molecule has 3 atom stereocenters. The van der Waals surface area contributed by atoms with Crippen LogP contribution in [0.4, 0.5) is 0 Å². The molecule has 1 heterocycles. The predicted molar refractivity (Wildman–Crippen MR) is 58.0 cm³/mol. The number of hydrogen-bond donors (Lipinski definition) is 1. The molecule has 16 heavy (non-hydrogen) atoms. The summed E-state index contributed by atoms with van der Waals surface area (Å²) in [7, 11) is 1.48. The average Bonchev–Trinajstić information content (AvgIpc) is 2.27. The largest absolute Gasteiger partial charge is 0.481 e. The number of rotatable bonds is 3. The van der Waals surface area contributed by atoms with Gasteiger partial charge in [0.1, 0.15) is 6.10 Å². The molecule has 0 aliphatic carbocycles. The molecule has 1 aliphatic rings. The Morgan fingerprint density at radius 1 is 1.50 bits per heavy atom. The van der Waals surface area contributed by atoms with Crippen LogP contribution in [0.25, 0.3) is 0 Å². The Balaban J connectivity index is 2.73. The Bertz CT molecular complexity index is 279. The third-order valence-corrected chi connectivity index (χ3v) is 3.29. The van der Waals surface area contributed by atoms with Crippen LogP contribution in [-0.4, -0.2) is 47.7 Å². The Morgan fingerprint density at radius 2 is 2.12 bits per heavy atom. The topological polar surface area (TPSA) is 66.8 Å². The maximum Gasteiger partial charge on any atom is 0.308 e. The number of carboxylic acid groups (broad SMARTS) is 1. The van der Waals surface area contributed by atoms with E-state index < -0.39 is 18.0 Å². The number of hydrogen-bond acceptors (Lipinski definition) is 3. The van der Waals surface area contributed by atoms with Crippen LogP contribution in [0.5, 0.6) is 0 Å². The van der Waals surface area contributed by atoms with E-state index in [9.17, 15) is 9.59 Å². The number of carboxylic acids is 1. The SMILES string of the molecule is COC(C)C(=O)N1CCC[C@H](C(=O)O)[C@@H]1C. The number of likely N-dealkylation sites (tertiary alicyclic amines) is 1. The summed E-state index contributed by atoms with van der Waals surface area (Å²) < 4.78 is 4.97. The van der Waals surface area contributed by atoms with Gasteiger partial charge < -0.3 is 14.7 Å². The number of nitrogens with zero attached hydrogens (tertiary/aromatic N) is 1. The lowest BCUT2D eigenvalue weighted by Gasteiger charge is -2.38. The fourth-order valence-electron chi connectivity index (χ4n) is 2.12. The third-order valence-electron chi connectivity index (χ3n) is 3.29. The highest BCUT2D eigenvalue weighted by Crippen LogP contribution is 2.24. The monoisotopic (exact) mass is 229 g/mol. The highest BCUT2D eigenvalue weighted by atomic mass is 16.5. The van der Waals surface area contributed by atoms with Crippen LogP contribution in [0.15, 0.2) is 0 Å². The first kappa shape index (κ1) is 13.0. The molecule has 1 unspecified atom stereocenters. The van der Waals surface area contributed by atoms with Gasteiger partial charge in [-0.1, -0.05) is 0 Å². The highest BCUT2D eigenvalue weighted by molar-refractivity contribution is 5.82. The smallest absolute Gasteiger partial charge is 0.308 e. The van der Waals surface area contributed by atoms with Gasteiger partial charge in [0.15, 0.2) is 0 Å². The van der Waals surface area contributed by atoms with E-state index in [0.29, 0.717) is 13.0 Å². The Kier molecular flexibility index (Phi) is 4.29. The molecule has 0 bridgehead atoms. The van der Waals surface area contributed by atoms with Gasteiger partial charge in [0.05, 0.1) is 5.92 Å². The van der Waals surface area contributed by atoms with E-state index in [1.165, 1.54) is 7.11 Å². The average molecular weight is 229 g/mol. The van der Waals surface area contributed by atoms with Gasteiger partial charge >= 0.3 is 5.97 Å². The van der Waals surface area contributed by atoms with E-state index in [1.807, 2.05) is 0 Å². The first-order valence-electron chi connectivity index (χ1n) is 5.55. The van der Waals surface area contributed by atoms with Gasteiger partial charge in [-0.3, -0.25) is 9.59 Å². The highest BCUT2D eigenvalue weighted by Gasteiger charge is 2.36. The maximum atomic E-state index is 11.9. The predicted octanol–water partition coefficient (Wildman–Crippen LogP) is 0.733. The van der Waals surface area contributed by atoms with E-state index in [1.54, 1.807) is 18.7 Å². The zero-order valence-corrected chi connectivity index (χ0v) is 9.97. The number of amides is 1. The number of piperidine rings is 1. The van der Waals surface area contributed by atoms with Gasteiger partial charge in [0.25, 0.3) is 5.91 Å². The molecule has 0 aromatic carbocycles. The molecule has 1 saturated heterocycles. The molecule has 1 fully saturated rings. The quantitative estimate of drug-likeness (QED) is 0.774. The lowest BCUT2D eigenvalue weighted by Crippen LogP contribution is -2.52. The molecule has 0 aromatic rings. The molecule has 0 saturated carbocycles. The summed E-state index contributed by atoms with van der Waals surface area (Å²) in [4.78, 5) is 24.5. The molecule has 92 valence electrons. The molecule has 1 N–H and O–H groups in total. The Hall–Kier alpha value is -1.10.